The first-order chi connectivity index (χ1) is 11.7. The molecule has 0 amide bonds. The molecule has 0 spiro atoms. The van der Waals surface area contributed by atoms with E-state index < -0.39 is 5.60 Å². The number of aliphatic hydroxyl groups is 1. The first-order valence-corrected chi connectivity index (χ1v) is 9.09. The lowest BCUT2D eigenvalue weighted by atomic mass is 9.91. The Balaban J connectivity index is 1.38. The van der Waals surface area contributed by atoms with Crippen molar-refractivity contribution in [1.29, 1.82) is 0 Å². The first-order valence-electron chi connectivity index (χ1n) is 9.09. The maximum Gasteiger partial charge on any atom is 0.119 e. The largest absolute Gasteiger partial charge is 0.497 e. The smallest absolute Gasteiger partial charge is 0.119 e. The van der Waals surface area contributed by atoms with Gasteiger partial charge < -0.3 is 24.8 Å². The molecule has 24 heavy (non-hydrogen) atoms. The van der Waals surface area contributed by atoms with Gasteiger partial charge in [0.2, 0.25) is 0 Å². The molecule has 0 radical (unpaired) electrons. The lowest BCUT2D eigenvalue weighted by molar-refractivity contribution is -0.0238. The molecule has 2 fully saturated rings. The highest BCUT2D eigenvalue weighted by Crippen LogP contribution is 2.24. The van der Waals surface area contributed by atoms with Crippen molar-refractivity contribution in [2.45, 2.75) is 31.3 Å². The Morgan fingerprint density at radius 1 is 1.21 bits per heavy atom. The van der Waals surface area contributed by atoms with Crippen LogP contribution < -0.4 is 14.8 Å². The summed E-state index contributed by atoms with van der Waals surface area (Å²) in [6, 6.07) is 7.77. The van der Waals surface area contributed by atoms with Crippen molar-refractivity contribution < 1.29 is 14.6 Å². The van der Waals surface area contributed by atoms with E-state index in [-0.39, 0.29) is 0 Å². The lowest BCUT2D eigenvalue weighted by Gasteiger charge is -2.40. The summed E-state index contributed by atoms with van der Waals surface area (Å²) < 4.78 is 11.1. The minimum absolute atomic E-state index is 0.537. The monoisotopic (exact) mass is 334 g/mol. The summed E-state index contributed by atoms with van der Waals surface area (Å²) in [5.41, 5.74) is -0.537. The van der Waals surface area contributed by atoms with E-state index in [2.05, 4.69) is 10.2 Å². The van der Waals surface area contributed by atoms with E-state index in [4.69, 9.17) is 9.47 Å². The third kappa shape index (κ3) is 4.85. The summed E-state index contributed by atoms with van der Waals surface area (Å²) in [6.45, 7) is 5.44. The number of methoxy groups -OCH3 is 1. The number of nitrogens with zero attached hydrogens (tertiary/aromatic N) is 1. The quantitative estimate of drug-likeness (QED) is 0.832. The van der Waals surface area contributed by atoms with Crippen molar-refractivity contribution in [2.24, 2.45) is 5.92 Å². The number of nitrogens with one attached hydrogen (secondary N) is 1. The lowest BCUT2D eigenvalue weighted by Crippen LogP contribution is -2.54. The van der Waals surface area contributed by atoms with Crippen LogP contribution in [0.4, 0.5) is 0 Å². The second kappa shape index (κ2) is 8.19. The fourth-order valence-electron chi connectivity index (χ4n) is 3.70. The number of benzene rings is 1. The second-order valence-electron chi connectivity index (χ2n) is 7.21. The summed E-state index contributed by atoms with van der Waals surface area (Å²) in [7, 11) is 1.67. The highest BCUT2D eigenvalue weighted by atomic mass is 16.5. The third-order valence-electron chi connectivity index (χ3n) is 5.22. The van der Waals surface area contributed by atoms with Crippen LogP contribution in [0, 0.1) is 5.92 Å². The van der Waals surface area contributed by atoms with Crippen molar-refractivity contribution >= 4 is 0 Å². The van der Waals surface area contributed by atoms with Gasteiger partial charge in [0.1, 0.15) is 11.5 Å². The van der Waals surface area contributed by atoms with Crippen LogP contribution in [-0.2, 0) is 0 Å². The van der Waals surface area contributed by atoms with Gasteiger partial charge in [0, 0.05) is 13.1 Å². The van der Waals surface area contributed by atoms with Gasteiger partial charge in [-0.3, -0.25) is 0 Å². The number of β-amino-alcohol motifs (C(OH)–C–C–N with tert-alkyl or cyclic N) is 1. The van der Waals surface area contributed by atoms with Crippen LogP contribution in [0.15, 0.2) is 24.3 Å². The van der Waals surface area contributed by atoms with Crippen molar-refractivity contribution in [3.63, 3.8) is 0 Å². The molecule has 2 heterocycles. The standard InChI is InChI=1S/C19H30N2O3/c1-23-17-3-5-18(6-4-17)24-13-16-7-11-21(12-8-16)15-19(22)9-2-10-20-14-19/h3-6,16,20,22H,2,7-15H2,1H3/t19-/m1/s1. The molecule has 0 aromatic heterocycles. The highest BCUT2D eigenvalue weighted by Gasteiger charge is 2.32. The molecule has 2 aliphatic heterocycles. The van der Waals surface area contributed by atoms with Crippen LogP contribution in [0.5, 0.6) is 11.5 Å². The number of hydrogen-bond acceptors (Lipinski definition) is 5. The van der Waals surface area contributed by atoms with Gasteiger partial charge >= 0.3 is 0 Å². The van der Waals surface area contributed by atoms with Gasteiger partial charge in [-0.2, -0.15) is 0 Å². The molecule has 5 nitrogen and oxygen atoms in total. The average Bonchev–Trinajstić information content (AvgIpc) is 2.62. The summed E-state index contributed by atoms with van der Waals surface area (Å²) in [5, 5.41) is 14.0. The van der Waals surface area contributed by atoms with Crippen molar-refractivity contribution in [2.75, 3.05) is 46.4 Å². The van der Waals surface area contributed by atoms with Gasteiger partial charge in [0.05, 0.1) is 19.3 Å². The Labute approximate surface area is 144 Å². The molecule has 2 N–H and O–H groups in total. The van der Waals surface area contributed by atoms with Gasteiger partial charge in [-0.25, -0.2) is 0 Å². The van der Waals surface area contributed by atoms with E-state index in [1.807, 2.05) is 24.3 Å². The number of hydrogen-bond donors (Lipinski definition) is 2. The Hall–Kier alpha value is -1.30. The van der Waals surface area contributed by atoms with Crippen LogP contribution in [0.2, 0.25) is 0 Å². The zero-order chi connectivity index (χ0) is 16.8. The van der Waals surface area contributed by atoms with Gasteiger partial charge in [-0.15, -0.1) is 0 Å². The van der Waals surface area contributed by atoms with E-state index >= 15 is 0 Å². The maximum atomic E-state index is 10.6. The molecule has 2 aliphatic rings. The van der Waals surface area contributed by atoms with Gasteiger partial charge in [-0.1, -0.05) is 0 Å². The van der Waals surface area contributed by atoms with Crippen LogP contribution in [0.1, 0.15) is 25.7 Å². The topological polar surface area (TPSA) is 54.0 Å². The molecule has 0 unspecified atom stereocenters. The molecule has 0 saturated carbocycles. The summed E-state index contributed by atoms with van der Waals surface area (Å²) in [5.74, 6) is 2.36. The fraction of sp³-hybridized carbons (Fsp3) is 0.684. The zero-order valence-corrected chi connectivity index (χ0v) is 14.7. The molecule has 1 aromatic carbocycles. The predicted molar refractivity (Wildman–Crippen MR) is 94.7 cm³/mol. The highest BCUT2D eigenvalue weighted by molar-refractivity contribution is 5.31. The molecular formula is C19H30N2O3. The third-order valence-corrected chi connectivity index (χ3v) is 5.22. The molecule has 5 heteroatoms. The molecule has 0 aliphatic carbocycles. The Morgan fingerprint density at radius 2 is 1.92 bits per heavy atom. The molecule has 2 saturated heterocycles. The molecule has 1 atom stereocenters. The van der Waals surface area contributed by atoms with Crippen LogP contribution in [-0.4, -0.2) is 62.0 Å². The van der Waals surface area contributed by atoms with Crippen LogP contribution >= 0.6 is 0 Å². The Kier molecular flexibility index (Phi) is 5.98. The van der Waals surface area contributed by atoms with Gasteiger partial charge in [0.15, 0.2) is 0 Å². The van der Waals surface area contributed by atoms with Crippen LogP contribution in [0.3, 0.4) is 0 Å². The van der Waals surface area contributed by atoms with E-state index in [0.717, 1.165) is 76.5 Å². The molecule has 0 bridgehead atoms. The fourth-order valence-corrected chi connectivity index (χ4v) is 3.70. The van der Waals surface area contributed by atoms with E-state index in [1.54, 1.807) is 7.11 Å². The normalized spacial score (nSPS) is 26.2. The average molecular weight is 334 g/mol. The second-order valence-corrected chi connectivity index (χ2v) is 7.21. The maximum absolute atomic E-state index is 10.6. The van der Waals surface area contributed by atoms with E-state index in [1.165, 1.54) is 0 Å². The molecule has 1 aromatic rings. The minimum atomic E-state index is -0.537. The molecule has 3 rings (SSSR count). The number of piperidine rings is 2. The predicted octanol–water partition coefficient (Wildman–Crippen LogP) is 1.90. The van der Waals surface area contributed by atoms with Crippen LogP contribution in [0.25, 0.3) is 0 Å². The number of rotatable bonds is 6. The Bertz CT molecular complexity index is 492. The molecule has 134 valence electrons. The van der Waals surface area contributed by atoms with Gasteiger partial charge in [0.25, 0.3) is 0 Å². The van der Waals surface area contributed by atoms with Gasteiger partial charge in [-0.05, 0) is 75.5 Å². The minimum Gasteiger partial charge on any atom is -0.497 e. The Morgan fingerprint density at radius 3 is 2.54 bits per heavy atom. The van der Waals surface area contributed by atoms with Crippen molar-refractivity contribution in [1.82, 2.24) is 10.2 Å². The van der Waals surface area contributed by atoms with E-state index in [0.29, 0.717) is 5.92 Å². The summed E-state index contributed by atoms with van der Waals surface area (Å²) in [6.07, 6.45) is 4.27. The zero-order valence-electron chi connectivity index (χ0n) is 14.7. The number of ether oxygens (including phenoxy) is 2. The van der Waals surface area contributed by atoms with Crippen molar-refractivity contribution in [3.8, 4) is 11.5 Å². The number of likely N-dealkylation sites (tertiary alicyclic amines) is 1. The van der Waals surface area contributed by atoms with Crippen molar-refractivity contribution in [3.05, 3.63) is 24.3 Å². The SMILES string of the molecule is COc1ccc(OCC2CCN(C[C@@]3(O)CCCNC3)CC2)cc1. The first kappa shape index (κ1) is 17.5. The summed E-state index contributed by atoms with van der Waals surface area (Å²) >= 11 is 0. The van der Waals surface area contributed by atoms with E-state index in [9.17, 15) is 5.11 Å². The summed E-state index contributed by atoms with van der Waals surface area (Å²) in [4.78, 5) is 2.41. The molecular weight excluding hydrogens is 304 g/mol.